The molecule has 1 aliphatic carbocycles. The van der Waals surface area contributed by atoms with Crippen LogP contribution >= 0.6 is 11.3 Å². The molecule has 21 heavy (non-hydrogen) atoms. The van der Waals surface area contributed by atoms with Crippen molar-refractivity contribution in [3.63, 3.8) is 0 Å². The number of imidazole rings is 1. The number of methoxy groups -OCH3 is 1. The van der Waals surface area contributed by atoms with Gasteiger partial charge in [0.2, 0.25) is 4.96 Å². The molecule has 3 aromatic rings. The highest BCUT2D eigenvalue weighted by molar-refractivity contribution is 7.16. The normalized spacial score (nSPS) is 14.3. The van der Waals surface area contributed by atoms with E-state index in [0.29, 0.717) is 17.3 Å². The van der Waals surface area contributed by atoms with E-state index in [0.717, 1.165) is 21.3 Å². The van der Waals surface area contributed by atoms with E-state index in [1.165, 1.54) is 12.8 Å². The van der Waals surface area contributed by atoms with Crippen molar-refractivity contribution in [2.75, 3.05) is 7.11 Å². The fourth-order valence-electron chi connectivity index (χ4n) is 2.33. The lowest BCUT2D eigenvalue weighted by Crippen LogP contribution is -1.92. The van der Waals surface area contributed by atoms with Crippen LogP contribution in [0.25, 0.3) is 16.2 Å². The van der Waals surface area contributed by atoms with Gasteiger partial charge >= 0.3 is 0 Å². The first-order chi connectivity index (χ1) is 10.3. The zero-order valence-corrected chi connectivity index (χ0v) is 12.2. The summed E-state index contributed by atoms with van der Waals surface area (Å²) in [5.74, 6) is 1.32. The summed E-state index contributed by atoms with van der Waals surface area (Å²) in [5, 5.41) is 15.1. The summed E-state index contributed by atoms with van der Waals surface area (Å²) in [6.45, 7) is 0. The Hall–Kier alpha value is -2.39. The molecule has 0 unspecified atom stereocenters. The number of rotatable bonds is 3. The molecule has 1 saturated carbocycles. The molecule has 6 heteroatoms. The molecule has 104 valence electrons. The van der Waals surface area contributed by atoms with Gasteiger partial charge in [0.05, 0.1) is 7.11 Å². The van der Waals surface area contributed by atoms with Gasteiger partial charge in [0, 0.05) is 11.5 Å². The molecule has 0 N–H and O–H groups in total. The zero-order valence-electron chi connectivity index (χ0n) is 11.4. The van der Waals surface area contributed by atoms with E-state index in [2.05, 4.69) is 16.2 Å². The largest absolute Gasteiger partial charge is 0.497 e. The summed E-state index contributed by atoms with van der Waals surface area (Å²) in [6, 6.07) is 9.81. The van der Waals surface area contributed by atoms with Crippen molar-refractivity contribution in [1.82, 2.24) is 14.6 Å². The van der Waals surface area contributed by atoms with E-state index >= 15 is 0 Å². The number of aromatic nitrogens is 3. The maximum absolute atomic E-state index is 9.48. The van der Waals surface area contributed by atoms with Gasteiger partial charge in [-0.25, -0.2) is 4.98 Å². The lowest BCUT2D eigenvalue weighted by Gasteiger charge is -2.02. The fourth-order valence-corrected chi connectivity index (χ4v) is 3.40. The molecular weight excluding hydrogens is 284 g/mol. The van der Waals surface area contributed by atoms with Crippen LogP contribution in [-0.4, -0.2) is 21.7 Å². The summed E-state index contributed by atoms with van der Waals surface area (Å²) in [6.07, 6.45) is 2.39. The molecule has 0 amide bonds. The number of fused-ring (bicyclic) bond motifs is 1. The number of nitrogens with zero attached hydrogens (tertiary/aromatic N) is 4. The first-order valence-electron chi connectivity index (χ1n) is 6.74. The second-order valence-electron chi connectivity index (χ2n) is 5.06. The predicted molar refractivity (Wildman–Crippen MR) is 79.5 cm³/mol. The van der Waals surface area contributed by atoms with Crippen molar-refractivity contribution < 1.29 is 4.74 Å². The van der Waals surface area contributed by atoms with Crippen LogP contribution in [0.3, 0.4) is 0 Å². The standard InChI is InChI=1S/C15H12N4OS/c1-20-11-4-2-3-10(7-11)13-12(8-16)19-15(17-13)21-14(18-19)9-5-6-9/h2-4,7,9H,5-6H2,1H3. The molecule has 5 nitrogen and oxygen atoms in total. The summed E-state index contributed by atoms with van der Waals surface area (Å²) in [4.78, 5) is 5.38. The third-order valence-electron chi connectivity index (χ3n) is 3.59. The molecule has 2 aromatic heterocycles. The van der Waals surface area contributed by atoms with Crippen LogP contribution in [-0.2, 0) is 0 Å². The summed E-state index contributed by atoms with van der Waals surface area (Å²) < 4.78 is 6.91. The Morgan fingerprint density at radius 1 is 1.43 bits per heavy atom. The van der Waals surface area contributed by atoms with Crippen LogP contribution in [0.15, 0.2) is 24.3 Å². The first-order valence-corrected chi connectivity index (χ1v) is 7.56. The Labute approximate surface area is 125 Å². The van der Waals surface area contributed by atoms with Gasteiger partial charge in [-0.2, -0.15) is 14.9 Å². The van der Waals surface area contributed by atoms with Gasteiger partial charge in [0.15, 0.2) is 5.69 Å². The molecule has 1 aliphatic rings. The minimum atomic E-state index is 0.487. The zero-order chi connectivity index (χ0) is 14.4. The van der Waals surface area contributed by atoms with E-state index in [1.807, 2.05) is 24.3 Å². The lowest BCUT2D eigenvalue weighted by molar-refractivity contribution is 0.415. The van der Waals surface area contributed by atoms with Gasteiger partial charge in [-0.15, -0.1) is 0 Å². The van der Waals surface area contributed by atoms with Crippen LogP contribution in [0.2, 0.25) is 0 Å². The van der Waals surface area contributed by atoms with Gasteiger partial charge in [-0.3, -0.25) is 0 Å². The maximum atomic E-state index is 9.48. The molecule has 0 atom stereocenters. The number of benzene rings is 1. The molecular formula is C15H12N4OS. The molecule has 0 spiro atoms. The molecule has 2 heterocycles. The van der Waals surface area contributed by atoms with Crippen LogP contribution < -0.4 is 4.74 Å². The fraction of sp³-hybridized carbons (Fsp3) is 0.267. The maximum Gasteiger partial charge on any atom is 0.214 e. The second kappa shape index (κ2) is 4.57. The van der Waals surface area contributed by atoms with Crippen LogP contribution in [0.4, 0.5) is 0 Å². The third kappa shape index (κ3) is 1.98. The summed E-state index contributed by atoms with van der Waals surface area (Å²) >= 11 is 1.58. The monoisotopic (exact) mass is 296 g/mol. The molecule has 0 radical (unpaired) electrons. The minimum Gasteiger partial charge on any atom is -0.497 e. The number of nitriles is 1. The van der Waals surface area contributed by atoms with Crippen molar-refractivity contribution in [2.24, 2.45) is 0 Å². The highest BCUT2D eigenvalue weighted by Gasteiger charge is 2.29. The Morgan fingerprint density at radius 2 is 2.29 bits per heavy atom. The Morgan fingerprint density at radius 3 is 3.00 bits per heavy atom. The Balaban J connectivity index is 1.88. The van der Waals surface area contributed by atoms with Gasteiger partial charge < -0.3 is 4.74 Å². The SMILES string of the molecule is COc1cccc(-c2nc3sc(C4CC4)nn3c2C#N)c1. The van der Waals surface area contributed by atoms with E-state index in [9.17, 15) is 5.26 Å². The summed E-state index contributed by atoms with van der Waals surface area (Å²) in [7, 11) is 1.62. The second-order valence-corrected chi connectivity index (χ2v) is 6.05. The molecule has 4 rings (SSSR count). The molecule has 0 aliphatic heterocycles. The Kier molecular flexibility index (Phi) is 2.69. The van der Waals surface area contributed by atoms with Crippen LogP contribution in [0, 0.1) is 11.3 Å². The first kappa shape index (κ1) is 12.4. The van der Waals surface area contributed by atoms with Gasteiger partial charge in [-0.1, -0.05) is 23.5 Å². The predicted octanol–water partition coefficient (Wildman–Crippen LogP) is 3.22. The average molecular weight is 296 g/mol. The van der Waals surface area contributed by atoms with Gasteiger partial charge in [0.1, 0.15) is 22.5 Å². The smallest absolute Gasteiger partial charge is 0.214 e. The lowest BCUT2D eigenvalue weighted by atomic mass is 10.1. The van der Waals surface area contributed by atoms with Gasteiger partial charge in [0.25, 0.3) is 0 Å². The van der Waals surface area contributed by atoms with E-state index < -0.39 is 0 Å². The number of ether oxygens (including phenoxy) is 1. The Bertz CT molecular complexity index is 870. The highest BCUT2D eigenvalue weighted by atomic mass is 32.1. The van der Waals surface area contributed by atoms with Gasteiger partial charge in [-0.05, 0) is 25.0 Å². The molecule has 1 aromatic carbocycles. The van der Waals surface area contributed by atoms with Crippen molar-refractivity contribution in [1.29, 1.82) is 5.26 Å². The minimum absolute atomic E-state index is 0.487. The number of hydrogen-bond donors (Lipinski definition) is 0. The van der Waals surface area contributed by atoms with Crippen LogP contribution in [0.5, 0.6) is 5.75 Å². The third-order valence-corrected chi connectivity index (χ3v) is 4.67. The molecule has 1 fully saturated rings. The van der Waals surface area contributed by atoms with Crippen LogP contribution in [0.1, 0.15) is 29.5 Å². The van der Waals surface area contributed by atoms with E-state index in [4.69, 9.17) is 4.74 Å². The molecule has 0 saturated heterocycles. The summed E-state index contributed by atoms with van der Waals surface area (Å²) in [5.41, 5.74) is 2.02. The van der Waals surface area contributed by atoms with E-state index in [-0.39, 0.29) is 0 Å². The quantitative estimate of drug-likeness (QED) is 0.744. The highest BCUT2D eigenvalue weighted by Crippen LogP contribution is 2.42. The van der Waals surface area contributed by atoms with Crippen molar-refractivity contribution in [3.05, 3.63) is 35.0 Å². The topological polar surface area (TPSA) is 63.2 Å². The average Bonchev–Trinajstić information content (AvgIpc) is 3.19. The number of hydrogen-bond acceptors (Lipinski definition) is 5. The van der Waals surface area contributed by atoms with Crippen molar-refractivity contribution in [2.45, 2.75) is 18.8 Å². The van der Waals surface area contributed by atoms with Crippen molar-refractivity contribution >= 4 is 16.3 Å². The van der Waals surface area contributed by atoms with E-state index in [1.54, 1.807) is 23.0 Å². The van der Waals surface area contributed by atoms with Crippen molar-refractivity contribution in [3.8, 4) is 23.1 Å². The molecule has 0 bridgehead atoms.